The highest BCUT2D eigenvalue weighted by Gasteiger charge is 2.62. The molecule has 5 saturated heterocycles. The third-order valence-electron chi connectivity index (χ3n) is 16.0. The van der Waals surface area contributed by atoms with E-state index in [0.29, 0.717) is 5.56 Å². The number of methoxy groups -OCH3 is 1. The minimum Gasteiger partial charge on any atom is -0.459 e. The van der Waals surface area contributed by atoms with Crippen molar-refractivity contribution in [1.29, 1.82) is 0 Å². The second kappa shape index (κ2) is 29.4. The predicted octanol–water partition coefficient (Wildman–Crippen LogP) is 9.19. The van der Waals surface area contributed by atoms with E-state index >= 15 is 0 Å². The van der Waals surface area contributed by atoms with Gasteiger partial charge in [0.15, 0.2) is 55.4 Å². The number of carbonyl (C=O) groups excluding carboxylic acids is 5. The number of benzene rings is 7. The molecular formula is C71H68O21. The van der Waals surface area contributed by atoms with E-state index in [9.17, 15) is 24.0 Å². The molecule has 7 aromatic rings. The Morgan fingerprint density at radius 3 is 1.34 bits per heavy atom. The van der Waals surface area contributed by atoms with Gasteiger partial charge in [-0.15, -0.1) is 0 Å². The Morgan fingerprint density at radius 1 is 0.424 bits per heavy atom. The van der Waals surface area contributed by atoms with Crippen molar-refractivity contribution in [3.8, 4) is 0 Å². The quantitative estimate of drug-likeness (QED) is 0.0482. The van der Waals surface area contributed by atoms with Gasteiger partial charge in [-0.3, -0.25) is 0 Å². The maximum Gasteiger partial charge on any atom is 0.338 e. The summed E-state index contributed by atoms with van der Waals surface area (Å²) in [5.74, 6) is -5.66. The van der Waals surface area contributed by atoms with E-state index in [-0.39, 0.29) is 47.6 Å². The second-order valence-corrected chi connectivity index (χ2v) is 22.7. The Kier molecular flexibility index (Phi) is 20.3. The molecule has 21 heteroatoms. The molecule has 0 aromatic heterocycles. The molecule has 0 bridgehead atoms. The highest BCUT2D eigenvalue weighted by Crippen LogP contribution is 2.43. The molecule has 0 radical (unpaired) electrons. The molecule has 0 aliphatic carbocycles. The fraction of sp³-hybridized carbons (Fsp3) is 0.338. The van der Waals surface area contributed by atoms with Crippen molar-refractivity contribution >= 4 is 29.8 Å². The molecule has 0 saturated carbocycles. The summed E-state index contributed by atoms with van der Waals surface area (Å²) in [5, 5.41) is 0. The number of carbonyl (C=O) groups is 5. The molecular weight excluding hydrogens is 1190 g/mol. The van der Waals surface area contributed by atoms with Crippen LogP contribution in [0.25, 0.3) is 0 Å². The van der Waals surface area contributed by atoms with Crippen molar-refractivity contribution in [3.63, 3.8) is 0 Å². The van der Waals surface area contributed by atoms with Crippen molar-refractivity contribution in [1.82, 2.24) is 0 Å². The predicted molar refractivity (Wildman–Crippen MR) is 322 cm³/mol. The monoisotopic (exact) mass is 1260 g/mol. The molecule has 0 spiro atoms. The van der Waals surface area contributed by atoms with Crippen LogP contribution in [0.3, 0.4) is 0 Å². The fourth-order valence-electron chi connectivity index (χ4n) is 11.5. The van der Waals surface area contributed by atoms with E-state index in [1.165, 1.54) is 43.5 Å². The molecule has 16 atom stereocenters. The van der Waals surface area contributed by atoms with Crippen molar-refractivity contribution in [2.24, 2.45) is 0 Å². The summed E-state index contributed by atoms with van der Waals surface area (Å²) in [5.41, 5.74) is 2.01. The summed E-state index contributed by atoms with van der Waals surface area (Å²) in [6.45, 7) is 2.70. The lowest BCUT2D eigenvalue weighted by Gasteiger charge is -2.49. The van der Waals surface area contributed by atoms with E-state index < -0.39 is 141 Å². The first-order valence-electron chi connectivity index (χ1n) is 30.2. The lowest BCUT2D eigenvalue weighted by molar-refractivity contribution is -0.382. The Balaban J connectivity index is 0.986. The van der Waals surface area contributed by atoms with Crippen molar-refractivity contribution in [2.45, 2.75) is 125 Å². The fourth-order valence-corrected chi connectivity index (χ4v) is 11.5. The SMILES string of the molecule is CO[C@H]1O[C@@H]2CO[C@@H](c3ccccc3)O[C@H]2[C@H](O[C@@H]2O[C@@H]([C@H]3COC(C)(C)O3)[C@H](O[C@@H]3O[C@H](COC(=O)c4ccccc4)[C@H](OC(=O)c4ccccc4)[C@H](OC(=O)c4ccccc4)[C@H]3OC(=O)c3ccccc3)[C@H]2OC(=O)c2ccccc2)[C@H]1OCc1ccccc1. The Bertz CT molecular complexity index is 3550. The summed E-state index contributed by atoms with van der Waals surface area (Å²) < 4.78 is 106. The van der Waals surface area contributed by atoms with Crippen LogP contribution in [0.4, 0.5) is 0 Å². The number of esters is 5. The van der Waals surface area contributed by atoms with Crippen molar-refractivity contribution in [3.05, 3.63) is 251 Å². The number of fused-ring (bicyclic) bond motifs is 1. The zero-order valence-corrected chi connectivity index (χ0v) is 50.3. The molecule has 21 nitrogen and oxygen atoms in total. The van der Waals surface area contributed by atoms with Crippen LogP contribution in [0, 0.1) is 0 Å². The van der Waals surface area contributed by atoms with Crippen LogP contribution in [0.2, 0.25) is 0 Å². The van der Waals surface area contributed by atoms with Gasteiger partial charge in [0.05, 0.1) is 47.6 Å². The number of ether oxygens (including phenoxy) is 16. The average Bonchev–Trinajstić information content (AvgIpc) is 1.41. The van der Waals surface area contributed by atoms with Crippen LogP contribution in [-0.4, -0.2) is 155 Å². The summed E-state index contributed by atoms with van der Waals surface area (Å²) in [4.78, 5) is 72.8. The third-order valence-corrected chi connectivity index (χ3v) is 16.0. The zero-order valence-electron chi connectivity index (χ0n) is 50.3. The lowest BCUT2D eigenvalue weighted by Crippen LogP contribution is -2.65. The van der Waals surface area contributed by atoms with E-state index in [0.717, 1.165) is 5.56 Å². The molecule has 5 fully saturated rings. The molecule has 5 aliphatic heterocycles. The molecule has 5 aliphatic rings. The zero-order chi connectivity index (χ0) is 63.6. The van der Waals surface area contributed by atoms with E-state index in [4.69, 9.17) is 75.8 Å². The first-order chi connectivity index (χ1) is 44.9. The van der Waals surface area contributed by atoms with Gasteiger partial charge < -0.3 is 75.8 Å². The largest absolute Gasteiger partial charge is 0.459 e. The molecule has 7 aromatic carbocycles. The van der Waals surface area contributed by atoms with Crippen LogP contribution in [0.5, 0.6) is 0 Å². The number of hydrogen-bond donors (Lipinski definition) is 0. The Labute approximate surface area is 530 Å². The van der Waals surface area contributed by atoms with Gasteiger partial charge in [-0.05, 0) is 80.1 Å². The van der Waals surface area contributed by atoms with Crippen LogP contribution in [0.15, 0.2) is 212 Å². The topological polar surface area (TPSA) is 233 Å². The van der Waals surface area contributed by atoms with Crippen LogP contribution >= 0.6 is 0 Å². The number of hydrogen-bond acceptors (Lipinski definition) is 21. The summed E-state index contributed by atoms with van der Waals surface area (Å²) in [6.07, 6.45) is -22.4. The first-order valence-corrected chi connectivity index (χ1v) is 30.2. The van der Waals surface area contributed by atoms with Gasteiger partial charge in [-0.2, -0.15) is 0 Å². The molecule has 12 rings (SSSR count). The first kappa shape index (κ1) is 63.6. The number of rotatable bonds is 21. The molecule has 0 amide bonds. The van der Waals surface area contributed by atoms with Gasteiger partial charge in [-0.1, -0.05) is 152 Å². The van der Waals surface area contributed by atoms with Gasteiger partial charge in [0.25, 0.3) is 0 Å². The Morgan fingerprint density at radius 2 is 0.848 bits per heavy atom. The average molecular weight is 1260 g/mol. The highest BCUT2D eigenvalue weighted by molar-refractivity contribution is 5.92. The van der Waals surface area contributed by atoms with E-state index in [1.807, 2.05) is 60.7 Å². The maximum absolute atomic E-state index is 14.9. The molecule has 0 unspecified atom stereocenters. The van der Waals surface area contributed by atoms with Gasteiger partial charge in [-0.25, -0.2) is 24.0 Å². The smallest absolute Gasteiger partial charge is 0.338 e. The van der Waals surface area contributed by atoms with Crippen molar-refractivity contribution < 1.29 is 99.8 Å². The summed E-state index contributed by atoms with van der Waals surface area (Å²) in [7, 11) is 1.46. The van der Waals surface area contributed by atoms with Crippen LogP contribution < -0.4 is 0 Å². The minimum absolute atomic E-state index is 0.0194. The van der Waals surface area contributed by atoms with Gasteiger partial charge in [0, 0.05) is 12.7 Å². The highest BCUT2D eigenvalue weighted by atomic mass is 16.8. The molecule has 92 heavy (non-hydrogen) atoms. The minimum atomic E-state index is -1.94. The Hall–Kier alpha value is -8.55. The molecule has 5 heterocycles. The van der Waals surface area contributed by atoms with Gasteiger partial charge >= 0.3 is 29.8 Å². The lowest BCUT2D eigenvalue weighted by atomic mass is 9.96. The standard InChI is InChI=1S/C71H68O21/c1-71(2)81-42-52(92-71)55-58(61(87-66(76)48-35-21-9-22-36-48)70(89-55)90-56-54-51(41-80-67(88-54)49-37-23-10-24-38-49)82-68(77-3)59(56)78-39-43-25-11-4-12-26-43)91-69-60(86-65(75)47-33-19-8-20-34-47)57(85-64(74)46-31-17-7-18-32-46)53(84-63(73)45-29-15-6-16-30-45)50(83-69)40-79-62(72)44-27-13-5-14-28-44/h4-38,50-61,67-70H,39-42H2,1-3H3/t50-,51-,52-,53+,54-,55+,56+,57+,58+,59-,60-,61-,67-,68+,69+,70+/m1/s1. The van der Waals surface area contributed by atoms with Crippen molar-refractivity contribution in [2.75, 3.05) is 26.9 Å². The maximum atomic E-state index is 14.9. The van der Waals surface area contributed by atoms with Gasteiger partial charge in [0.1, 0.15) is 55.4 Å². The molecule has 478 valence electrons. The van der Waals surface area contributed by atoms with Gasteiger partial charge in [0.2, 0.25) is 0 Å². The molecule has 0 N–H and O–H groups in total. The van der Waals surface area contributed by atoms with Crippen LogP contribution in [0.1, 0.15) is 83.1 Å². The van der Waals surface area contributed by atoms with Crippen LogP contribution in [-0.2, 0) is 82.4 Å². The third kappa shape index (κ3) is 15.0. The summed E-state index contributed by atoms with van der Waals surface area (Å²) in [6, 6.07) is 58.9. The van der Waals surface area contributed by atoms with E-state index in [1.54, 1.807) is 129 Å². The second-order valence-electron chi connectivity index (χ2n) is 22.7. The van der Waals surface area contributed by atoms with E-state index in [2.05, 4.69) is 0 Å². The summed E-state index contributed by atoms with van der Waals surface area (Å²) >= 11 is 0. The normalized spacial score (nSPS) is 29.0.